The van der Waals surface area contributed by atoms with Gasteiger partial charge in [-0.2, -0.15) is 0 Å². The van der Waals surface area contributed by atoms with Crippen LogP contribution in [0.15, 0.2) is 36.4 Å². The molecule has 0 fully saturated rings. The summed E-state index contributed by atoms with van der Waals surface area (Å²) in [7, 11) is 0. The van der Waals surface area contributed by atoms with Crippen molar-refractivity contribution in [1.29, 1.82) is 0 Å². The van der Waals surface area contributed by atoms with Crippen LogP contribution in [-0.4, -0.2) is 10.8 Å². The number of nitrogens with one attached hydrogen (secondary N) is 1. The summed E-state index contributed by atoms with van der Waals surface area (Å²) in [4.78, 5) is 21.2. The lowest BCUT2D eigenvalue weighted by atomic mass is 10.0. The van der Waals surface area contributed by atoms with Gasteiger partial charge >= 0.3 is 0 Å². The van der Waals surface area contributed by atoms with Gasteiger partial charge in [-0.05, 0) is 35.4 Å². The van der Waals surface area contributed by atoms with E-state index < -0.39 is 4.92 Å². The third kappa shape index (κ3) is 3.51. The summed E-state index contributed by atoms with van der Waals surface area (Å²) in [6, 6.07) is 9.50. The number of carbonyl (C=O) groups is 1. The number of nitro benzene ring substituents is 1. The fraction of sp³-hybridized carbons (Fsp3) is 0.0714. The molecule has 0 aliphatic rings. The van der Waals surface area contributed by atoms with Gasteiger partial charge < -0.3 is 5.32 Å². The Balaban J connectivity index is 2.39. The molecule has 1 N–H and O–H groups in total. The molecule has 0 heterocycles. The first-order valence-corrected chi connectivity index (χ1v) is 6.65. The van der Waals surface area contributed by atoms with E-state index in [0.717, 1.165) is 5.56 Å². The van der Waals surface area contributed by atoms with Crippen molar-refractivity contribution in [3.05, 3.63) is 56.6 Å². The van der Waals surface area contributed by atoms with Gasteiger partial charge in [0, 0.05) is 13.0 Å². The van der Waals surface area contributed by atoms with Gasteiger partial charge in [0.1, 0.15) is 5.02 Å². The van der Waals surface area contributed by atoms with Crippen molar-refractivity contribution >= 4 is 40.5 Å². The Hall–Kier alpha value is -2.11. The minimum Gasteiger partial charge on any atom is -0.325 e. The Kier molecular flexibility index (Phi) is 4.45. The molecule has 0 spiro atoms. The Morgan fingerprint density at radius 3 is 2.14 bits per heavy atom. The maximum atomic E-state index is 11.0. The molecule has 0 unspecified atom stereocenters. The lowest BCUT2D eigenvalue weighted by molar-refractivity contribution is -0.384. The van der Waals surface area contributed by atoms with E-state index in [2.05, 4.69) is 5.32 Å². The third-order valence-electron chi connectivity index (χ3n) is 2.76. The zero-order chi connectivity index (χ0) is 15.6. The zero-order valence-electron chi connectivity index (χ0n) is 10.9. The summed E-state index contributed by atoms with van der Waals surface area (Å²) in [6.45, 7) is 1.39. The van der Waals surface area contributed by atoms with E-state index in [0.29, 0.717) is 16.3 Å². The lowest BCUT2D eigenvalue weighted by Gasteiger charge is -2.08. The molecule has 108 valence electrons. The number of rotatable bonds is 3. The van der Waals surface area contributed by atoms with Gasteiger partial charge in [0.2, 0.25) is 5.91 Å². The average molecular weight is 325 g/mol. The first-order valence-electron chi connectivity index (χ1n) is 5.90. The molecule has 0 aromatic heterocycles. The number of halogens is 2. The highest BCUT2D eigenvalue weighted by molar-refractivity contribution is 6.34. The predicted octanol–water partition coefficient (Wildman–Crippen LogP) is 4.53. The standard InChI is InChI=1S/C14H10Cl2N2O3/c1-8(19)17-13-4-2-9(6-11(13)15)10-3-5-14(18(20)21)12(16)7-10/h2-7H,1H3,(H,17,19). The number of hydrogen-bond acceptors (Lipinski definition) is 3. The highest BCUT2D eigenvalue weighted by atomic mass is 35.5. The second-order valence-corrected chi connectivity index (χ2v) is 5.11. The average Bonchev–Trinajstić information content (AvgIpc) is 2.40. The van der Waals surface area contributed by atoms with E-state index in [4.69, 9.17) is 23.2 Å². The molecule has 0 saturated carbocycles. The number of anilines is 1. The van der Waals surface area contributed by atoms with Crippen molar-refractivity contribution in [1.82, 2.24) is 0 Å². The Morgan fingerprint density at radius 1 is 1.10 bits per heavy atom. The van der Waals surface area contributed by atoms with E-state index in [1.807, 2.05) is 0 Å². The fourth-order valence-electron chi connectivity index (χ4n) is 1.82. The van der Waals surface area contributed by atoms with Crippen molar-refractivity contribution in [3.63, 3.8) is 0 Å². The van der Waals surface area contributed by atoms with Crippen molar-refractivity contribution < 1.29 is 9.72 Å². The summed E-state index contributed by atoms with van der Waals surface area (Å²) in [5, 5.41) is 13.8. The molecule has 0 radical (unpaired) electrons. The molecule has 21 heavy (non-hydrogen) atoms. The van der Waals surface area contributed by atoms with Gasteiger partial charge in [-0.25, -0.2) is 0 Å². The van der Waals surface area contributed by atoms with Crippen molar-refractivity contribution in [2.24, 2.45) is 0 Å². The van der Waals surface area contributed by atoms with E-state index in [-0.39, 0.29) is 16.6 Å². The molecular weight excluding hydrogens is 315 g/mol. The molecule has 0 bridgehead atoms. The van der Waals surface area contributed by atoms with Crippen molar-refractivity contribution in [3.8, 4) is 11.1 Å². The van der Waals surface area contributed by atoms with Crippen molar-refractivity contribution in [2.45, 2.75) is 6.92 Å². The van der Waals surface area contributed by atoms with Crippen LogP contribution in [0, 0.1) is 10.1 Å². The molecule has 2 aromatic rings. The van der Waals surface area contributed by atoms with Gasteiger partial charge in [-0.1, -0.05) is 29.3 Å². The molecule has 2 aromatic carbocycles. The Labute approximate surface area is 130 Å². The summed E-state index contributed by atoms with van der Waals surface area (Å²) in [5.41, 5.74) is 1.79. The first kappa shape index (κ1) is 15.3. The van der Waals surface area contributed by atoms with Crippen LogP contribution in [0.3, 0.4) is 0 Å². The second kappa shape index (κ2) is 6.11. The van der Waals surface area contributed by atoms with Crippen LogP contribution in [0.1, 0.15) is 6.92 Å². The highest BCUT2D eigenvalue weighted by Gasteiger charge is 2.13. The predicted molar refractivity (Wildman–Crippen MR) is 82.9 cm³/mol. The number of nitro groups is 1. The van der Waals surface area contributed by atoms with E-state index in [1.165, 1.54) is 19.1 Å². The summed E-state index contributed by atoms with van der Waals surface area (Å²) < 4.78 is 0. The first-order chi connectivity index (χ1) is 9.88. The van der Waals surface area contributed by atoms with Gasteiger partial charge in [0.25, 0.3) is 5.69 Å². The molecule has 0 atom stereocenters. The van der Waals surface area contributed by atoms with Gasteiger partial charge in [0.15, 0.2) is 0 Å². The summed E-state index contributed by atoms with van der Waals surface area (Å²) in [6.07, 6.45) is 0. The smallest absolute Gasteiger partial charge is 0.287 e. The number of carbonyl (C=O) groups excluding carboxylic acids is 1. The molecule has 0 aliphatic carbocycles. The Bertz CT molecular complexity index is 732. The maximum absolute atomic E-state index is 11.0. The molecule has 0 saturated heterocycles. The van der Waals surface area contributed by atoms with Crippen LogP contribution in [-0.2, 0) is 4.79 Å². The number of amides is 1. The number of hydrogen-bond donors (Lipinski definition) is 1. The van der Waals surface area contributed by atoms with E-state index in [9.17, 15) is 14.9 Å². The van der Waals surface area contributed by atoms with Crippen LogP contribution >= 0.6 is 23.2 Å². The second-order valence-electron chi connectivity index (χ2n) is 4.30. The maximum Gasteiger partial charge on any atom is 0.287 e. The van der Waals surface area contributed by atoms with Crippen LogP contribution < -0.4 is 5.32 Å². The van der Waals surface area contributed by atoms with Crippen LogP contribution in [0.2, 0.25) is 10.0 Å². The normalized spacial score (nSPS) is 10.2. The molecule has 0 aliphatic heterocycles. The molecule has 1 amide bonds. The third-order valence-corrected chi connectivity index (χ3v) is 3.37. The number of benzene rings is 2. The Morgan fingerprint density at radius 2 is 1.67 bits per heavy atom. The summed E-state index contributed by atoms with van der Waals surface area (Å²) in [5.74, 6) is -0.219. The van der Waals surface area contributed by atoms with Gasteiger partial charge in [-0.3, -0.25) is 14.9 Å². The molecular formula is C14H10Cl2N2O3. The van der Waals surface area contributed by atoms with Crippen molar-refractivity contribution in [2.75, 3.05) is 5.32 Å². The van der Waals surface area contributed by atoms with Gasteiger partial charge in [-0.15, -0.1) is 0 Å². The largest absolute Gasteiger partial charge is 0.325 e. The molecule has 5 nitrogen and oxygen atoms in total. The van der Waals surface area contributed by atoms with Gasteiger partial charge in [0.05, 0.1) is 15.6 Å². The monoisotopic (exact) mass is 324 g/mol. The fourth-order valence-corrected chi connectivity index (χ4v) is 2.30. The lowest BCUT2D eigenvalue weighted by Crippen LogP contribution is -2.06. The topological polar surface area (TPSA) is 72.2 Å². The van der Waals surface area contributed by atoms with Crippen LogP contribution in [0.5, 0.6) is 0 Å². The number of nitrogens with zero attached hydrogens (tertiary/aromatic N) is 1. The van der Waals surface area contributed by atoms with E-state index in [1.54, 1.807) is 24.3 Å². The minimum absolute atomic E-state index is 0.0551. The van der Waals surface area contributed by atoms with Crippen LogP contribution in [0.25, 0.3) is 11.1 Å². The quantitative estimate of drug-likeness (QED) is 0.666. The minimum atomic E-state index is -0.543. The van der Waals surface area contributed by atoms with E-state index >= 15 is 0 Å². The zero-order valence-corrected chi connectivity index (χ0v) is 12.4. The molecule has 2 rings (SSSR count). The summed E-state index contributed by atoms with van der Waals surface area (Å²) >= 11 is 12.0. The highest BCUT2D eigenvalue weighted by Crippen LogP contribution is 2.33. The SMILES string of the molecule is CC(=O)Nc1ccc(-c2ccc([N+](=O)[O-])c(Cl)c2)cc1Cl. The van der Waals surface area contributed by atoms with Crippen LogP contribution in [0.4, 0.5) is 11.4 Å². The molecule has 7 heteroatoms.